The minimum Gasteiger partial charge on any atom is -0.326 e. The molecule has 2 aromatic rings. The SMILES string of the molecule is CC(=O)Nc1ccc(NC(=O)CN(Cc2c(F)cccc2Cl)C2CC2)cc1. The van der Waals surface area contributed by atoms with Crippen molar-refractivity contribution in [3.63, 3.8) is 0 Å². The van der Waals surface area contributed by atoms with Crippen molar-refractivity contribution in [2.75, 3.05) is 17.2 Å². The van der Waals surface area contributed by atoms with Crippen molar-refractivity contribution in [3.05, 3.63) is 58.9 Å². The van der Waals surface area contributed by atoms with E-state index in [1.165, 1.54) is 13.0 Å². The van der Waals surface area contributed by atoms with Crippen LogP contribution in [-0.2, 0) is 16.1 Å². The Balaban J connectivity index is 1.61. The van der Waals surface area contributed by atoms with Gasteiger partial charge in [-0.2, -0.15) is 0 Å². The Kier molecular flexibility index (Phi) is 6.08. The highest BCUT2D eigenvalue weighted by molar-refractivity contribution is 6.31. The molecule has 1 aliphatic rings. The van der Waals surface area contributed by atoms with Gasteiger partial charge >= 0.3 is 0 Å². The normalized spacial score (nSPS) is 13.5. The van der Waals surface area contributed by atoms with Crippen LogP contribution in [0.15, 0.2) is 42.5 Å². The molecule has 0 saturated heterocycles. The van der Waals surface area contributed by atoms with Crippen molar-refractivity contribution < 1.29 is 14.0 Å². The highest BCUT2D eigenvalue weighted by atomic mass is 35.5. The van der Waals surface area contributed by atoms with Gasteiger partial charge in [0, 0.05) is 41.5 Å². The third-order valence-electron chi connectivity index (χ3n) is 4.32. The number of hydrogen-bond acceptors (Lipinski definition) is 3. The molecule has 1 fully saturated rings. The third kappa shape index (κ3) is 5.52. The zero-order valence-corrected chi connectivity index (χ0v) is 15.7. The van der Waals surface area contributed by atoms with E-state index >= 15 is 0 Å². The zero-order chi connectivity index (χ0) is 19.4. The van der Waals surface area contributed by atoms with Gasteiger partial charge in [-0.25, -0.2) is 4.39 Å². The topological polar surface area (TPSA) is 61.4 Å². The molecule has 0 unspecified atom stereocenters. The van der Waals surface area contributed by atoms with Crippen LogP contribution in [-0.4, -0.2) is 29.3 Å². The van der Waals surface area contributed by atoms with Crippen molar-refractivity contribution in [3.8, 4) is 0 Å². The molecule has 0 heterocycles. The van der Waals surface area contributed by atoms with Gasteiger partial charge in [0.05, 0.1) is 6.54 Å². The standard InChI is InChI=1S/C20H21ClFN3O2/c1-13(26)23-14-5-7-15(8-6-14)24-20(27)12-25(16-9-10-16)11-17-18(21)3-2-4-19(17)22/h2-8,16H,9-12H2,1H3,(H,23,26)(H,24,27). The largest absolute Gasteiger partial charge is 0.326 e. The lowest BCUT2D eigenvalue weighted by molar-refractivity contribution is -0.117. The Morgan fingerprint density at radius 1 is 1.11 bits per heavy atom. The predicted molar refractivity (Wildman–Crippen MR) is 104 cm³/mol. The van der Waals surface area contributed by atoms with E-state index in [1.54, 1.807) is 36.4 Å². The van der Waals surface area contributed by atoms with Gasteiger partial charge in [0.15, 0.2) is 0 Å². The van der Waals surface area contributed by atoms with Gasteiger partial charge in [-0.3, -0.25) is 14.5 Å². The summed E-state index contributed by atoms with van der Waals surface area (Å²) in [5, 5.41) is 5.87. The minimum atomic E-state index is -0.359. The summed E-state index contributed by atoms with van der Waals surface area (Å²) in [6.45, 7) is 1.89. The van der Waals surface area contributed by atoms with Crippen LogP contribution in [0.1, 0.15) is 25.3 Å². The highest BCUT2D eigenvalue weighted by Crippen LogP contribution is 2.30. The number of carbonyl (C=O) groups excluding carboxylic acids is 2. The van der Waals surface area contributed by atoms with Crippen LogP contribution in [0.4, 0.5) is 15.8 Å². The molecule has 0 bridgehead atoms. The van der Waals surface area contributed by atoms with E-state index < -0.39 is 0 Å². The smallest absolute Gasteiger partial charge is 0.238 e. The van der Waals surface area contributed by atoms with Crippen LogP contribution >= 0.6 is 11.6 Å². The maximum atomic E-state index is 14.1. The summed E-state index contributed by atoms with van der Waals surface area (Å²) >= 11 is 6.12. The van der Waals surface area contributed by atoms with Gasteiger partial charge in [0.25, 0.3) is 0 Å². The second kappa shape index (κ2) is 8.50. The van der Waals surface area contributed by atoms with Gasteiger partial charge in [-0.05, 0) is 49.2 Å². The second-order valence-corrected chi connectivity index (χ2v) is 7.05. The molecule has 142 valence electrons. The van der Waals surface area contributed by atoms with E-state index in [0.717, 1.165) is 12.8 Å². The fourth-order valence-corrected chi connectivity index (χ4v) is 3.09. The van der Waals surface area contributed by atoms with Crippen LogP contribution in [0.2, 0.25) is 5.02 Å². The molecule has 0 atom stereocenters. The average molecular weight is 390 g/mol. The number of rotatable bonds is 7. The van der Waals surface area contributed by atoms with Crippen molar-refractivity contribution in [2.45, 2.75) is 32.4 Å². The molecule has 0 spiro atoms. The summed E-state index contributed by atoms with van der Waals surface area (Å²) in [5.41, 5.74) is 1.71. The van der Waals surface area contributed by atoms with Crippen LogP contribution in [0.5, 0.6) is 0 Å². The maximum Gasteiger partial charge on any atom is 0.238 e. The number of nitrogens with one attached hydrogen (secondary N) is 2. The summed E-state index contributed by atoms with van der Waals surface area (Å²) in [7, 11) is 0. The van der Waals surface area contributed by atoms with Gasteiger partial charge < -0.3 is 10.6 Å². The predicted octanol–water partition coefficient (Wildman–Crippen LogP) is 4.04. The average Bonchev–Trinajstić information content (AvgIpc) is 3.43. The van der Waals surface area contributed by atoms with Gasteiger partial charge in [0.1, 0.15) is 5.82 Å². The lowest BCUT2D eigenvalue weighted by atomic mass is 10.2. The molecule has 2 aromatic carbocycles. The van der Waals surface area contributed by atoms with Crippen molar-refractivity contribution in [2.24, 2.45) is 0 Å². The lowest BCUT2D eigenvalue weighted by Crippen LogP contribution is -2.34. The van der Waals surface area contributed by atoms with Crippen molar-refractivity contribution in [1.29, 1.82) is 0 Å². The number of carbonyl (C=O) groups is 2. The van der Waals surface area contributed by atoms with Crippen LogP contribution < -0.4 is 10.6 Å². The molecule has 3 rings (SSSR count). The van der Waals surface area contributed by atoms with E-state index in [-0.39, 0.29) is 30.2 Å². The Morgan fingerprint density at radius 3 is 2.30 bits per heavy atom. The van der Waals surface area contributed by atoms with Gasteiger partial charge in [-0.15, -0.1) is 0 Å². The zero-order valence-electron chi connectivity index (χ0n) is 15.0. The number of hydrogen-bond donors (Lipinski definition) is 2. The second-order valence-electron chi connectivity index (χ2n) is 6.64. The first kappa shape index (κ1) is 19.3. The molecule has 1 aliphatic carbocycles. The Labute approximate surface area is 162 Å². The molecular weight excluding hydrogens is 369 g/mol. The lowest BCUT2D eigenvalue weighted by Gasteiger charge is -2.22. The quantitative estimate of drug-likeness (QED) is 0.751. The molecule has 27 heavy (non-hydrogen) atoms. The molecule has 2 amide bonds. The first-order chi connectivity index (χ1) is 12.9. The van der Waals surface area contributed by atoms with Crippen molar-refractivity contribution in [1.82, 2.24) is 4.90 Å². The molecule has 5 nitrogen and oxygen atoms in total. The van der Waals surface area contributed by atoms with Crippen LogP contribution in [0.3, 0.4) is 0 Å². The maximum absolute atomic E-state index is 14.1. The molecule has 2 N–H and O–H groups in total. The summed E-state index contributed by atoms with van der Waals surface area (Å²) in [6.07, 6.45) is 1.98. The fourth-order valence-electron chi connectivity index (χ4n) is 2.87. The number of halogens is 2. The Bertz CT molecular complexity index is 817. The van der Waals surface area contributed by atoms with Crippen LogP contribution in [0, 0.1) is 5.82 Å². The molecule has 0 aromatic heterocycles. The Morgan fingerprint density at radius 2 is 1.74 bits per heavy atom. The Hall–Kier alpha value is -2.44. The highest BCUT2D eigenvalue weighted by Gasteiger charge is 2.31. The summed E-state index contributed by atoms with van der Waals surface area (Å²) in [4.78, 5) is 25.4. The van der Waals surface area contributed by atoms with Crippen molar-refractivity contribution >= 4 is 34.8 Å². The number of anilines is 2. The minimum absolute atomic E-state index is 0.154. The summed E-state index contributed by atoms with van der Waals surface area (Å²) in [5.74, 6) is -0.692. The third-order valence-corrected chi connectivity index (χ3v) is 4.68. The first-order valence-electron chi connectivity index (χ1n) is 8.77. The molecular formula is C20H21ClFN3O2. The number of benzene rings is 2. The molecule has 0 radical (unpaired) electrons. The van der Waals surface area contributed by atoms with Gasteiger partial charge in [-0.1, -0.05) is 17.7 Å². The molecule has 0 aliphatic heterocycles. The van der Waals surface area contributed by atoms with Crippen LogP contribution in [0.25, 0.3) is 0 Å². The fraction of sp³-hybridized carbons (Fsp3) is 0.300. The van der Waals surface area contributed by atoms with E-state index in [1.807, 2.05) is 4.90 Å². The summed E-state index contributed by atoms with van der Waals surface area (Å²) in [6, 6.07) is 11.7. The van der Waals surface area contributed by atoms with E-state index in [4.69, 9.17) is 11.6 Å². The first-order valence-corrected chi connectivity index (χ1v) is 9.14. The van der Waals surface area contributed by atoms with E-state index in [0.29, 0.717) is 28.5 Å². The van der Waals surface area contributed by atoms with E-state index in [9.17, 15) is 14.0 Å². The number of amides is 2. The van der Waals surface area contributed by atoms with Gasteiger partial charge in [0.2, 0.25) is 11.8 Å². The molecule has 7 heteroatoms. The number of nitrogens with zero attached hydrogens (tertiary/aromatic N) is 1. The van der Waals surface area contributed by atoms with E-state index in [2.05, 4.69) is 10.6 Å². The monoisotopic (exact) mass is 389 g/mol. The summed E-state index contributed by atoms with van der Waals surface area (Å²) < 4.78 is 14.1. The molecule has 1 saturated carbocycles.